The summed E-state index contributed by atoms with van der Waals surface area (Å²) >= 11 is 0. The van der Waals surface area contributed by atoms with Gasteiger partial charge in [-0.05, 0) is 31.5 Å². The van der Waals surface area contributed by atoms with E-state index in [2.05, 4.69) is 17.1 Å². The molecule has 2 aromatic heterocycles. The van der Waals surface area contributed by atoms with Gasteiger partial charge in [0.15, 0.2) is 0 Å². The molecule has 2 atom stereocenters. The fourth-order valence-corrected chi connectivity index (χ4v) is 3.56. The van der Waals surface area contributed by atoms with E-state index in [1.165, 1.54) is 0 Å². The van der Waals surface area contributed by atoms with Crippen LogP contribution in [0.4, 0.5) is 0 Å². The molecule has 1 aliphatic carbocycles. The fourth-order valence-electron chi connectivity index (χ4n) is 3.56. The van der Waals surface area contributed by atoms with Gasteiger partial charge in [0.2, 0.25) is 0 Å². The second kappa shape index (κ2) is 6.02. The summed E-state index contributed by atoms with van der Waals surface area (Å²) in [6.07, 6.45) is 6.10. The van der Waals surface area contributed by atoms with Gasteiger partial charge in [-0.1, -0.05) is 0 Å². The van der Waals surface area contributed by atoms with E-state index in [-0.39, 0.29) is 12.0 Å². The lowest BCUT2D eigenvalue weighted by molar-refractivity contribution is -0.117. The lowest BCUT2D eigenvalue weighted by Crippen LogP contribution is -2.21. The van der Waals surface area contributed by atoms with Crippen LogP contribution in [0.1, 0.15) is 26.2 Å². The molecule has 0 saturated heterocycles. The first kappa shape index (κ1) is 15.9. The van der Waals surface area contributed by atoms with Crippen LogP contribution >= 0.6 is 0 Å². The summed E-state index contributed by atoms with van der Waals surface area (Å²) in [6, 6.07) is 6.04. The molecular weight excluding hydrogens is 316 g/mol. The number of hydrogen-bond donors (Lipinski definition) is 0. The predicted octanol–water partition coefficient (Wildman–Crippen LogP) is 3.11. The Balaban J connectivity index is 1.72. The number of carbonyl (C=O) groups is 1. The number of carbonyl (C=O) groups excluding carboxylic acids is 1. The van der Waals surface area contributed by atoms with Crippen molar-refractivity contribution in [2.24, 2.45) is 20.0 Å². The lowest BCUT2D eigenvalue weighted by Gasteiger charge is -2.21. The van der Waals surface area contributed by atoms with Gasteiger partial charge in [-0.15, -0.1) is 0 Å². The number of nitrogens with zero attached hydrogens (tertiary/aromatic N) is 4. The quantitative estimate of drug-likeness (QED) is 0.733. The van der Waals surface area contributed by atoms with E-state index < -0.39 is 0 Å². The van der Waals surface area contributed by atoms with Gasteiger partial charge in [-0.25, -0.2) is 0 Å². The molecule has 1 aliphatic rings. The smallest absolute Gasteiger partial charge is 0.133 e. The highest BCUT2D eigenvalue weighted by atomic mass is 16.5. The molecule has 1 aromatic carbocycles. The summed E-state index contributed by atoms with van der Waals surface area (Å²) < 4.78 is 9.88. The van der Waals surface area contributed by atoms with Gasteiger partial charge in [0, 0.05) is 50.8 Å². The van der Waals surface area contributed by atoms with E-state index in [0.717, 1.165) is 34.3 Å². The molecule has 25 heavy (non-hydrogen) atoms. The minimum absolute atomic E-state index is 0.00570. The number of Topliss-reactive ketones (excluding diaryl/α,β-unsaturated/α-hetero) is 1. The number of hydrogen-bond acceptors (Lipinski definition) is 4. The first-order valence-electron chi connectivity index (χ1n) is 8.65. The van der Waals surface area contributed by atoms with Crippen molar-refractivity contribution in [1.29, 1.82) is 0 Å². The maximum Gasteiger partial charge on any atom is 0.133 e. The van der Waals surface area contributed by atoms with Crippen LogP contribution in [-0.4, -0.2) is 31.4 Å². The highest BCUT2D eigenvalue weighted by Gasteiger charge is 2.28. The Bertz CT molecular complexity index is 940. The van der Waals surface area contributed by atoms with E-state index in [0.29, 0.717) is 18.6 Å². The minimum Gasteiger partial charge on any atom is -0.490 e. The molecular formula is C19H22N4O2. The maximum atomic E-state index is 11.6. The van der Waals surface area contributed by atoms with Crippen LogP contribution in [0.15, 0.2) is 30.6 Å². The summed E-state index contributed by atoms with van der Waals surface area (Å²) in [5, 5.41) is 10.0. The fraction of sp³-hybridized carbons (Fsp3) is 0.421. The third-order valence-corrected chi connectivity index (χ3v) is 4.97. The molecule has 0 aliphatic heterocycles. The Morgan fingerprint density at radius 1 is 1.24 bits per heavy atom. The summed E-state index contributed by atoms with van der Waals surface area (Å²) in [4.78, 5) is 11.6. The molecule has 1 saturated carbocycles. The van der Waals surface area contributed by atoms with Gasteiger partial charge in [0.05, 0.1) is 22.7 Å². The Morgan fingerprint density at radius 3 is 2.76 bits per heavy atom. The second-order valence-electron chi connectivity index (χ2n) is 6.95. The molecule has 0 unspecified atom stereocenters. The van der Waals surface area contributed by atoms with Crippen molar-refractivity contribution < 1.29 is 9.53 Å². The molecule has 4 rings (SSSR count). The van der Waals surface area contributed by atoms with Crippen molar-refractivity contribution in [2.45, 2.75) is 32.3 Å². The van der Waals surface area contributed by atoms with E-state index >= 15 is 0 Å². The molecule has 1 fully saturated rings. The first-order chi connectivity index (χ1) is 12.0. The van der Waals surface area contributed by atoms with Gasteiger partial charge >= 0.3 is 0 Å². The molecule has 0 bridgehead atoms. The summed E-state index contributed by atoms with van der Waals surface area (Å²) in [5.74, 6) is 1.44. The molecule has 6 heteroatoms. The van der Waals surface area contributed by atoms with Crippen molar-refractivity contribution in [2.75, 3.05) is 0 Å². The summed E-state index contributed by atoms with van der Waals surface area (Å²) in [5.41, 5.74) is 2.76. The number of fused-ring (bicyclic) bond motifs is 1. The Morgan fingerprint density at radius 2 is 2.08 bits per heavy atom. The summed E-state index contributed by atoms with van der Waals surface area (Å²) in [7, 11) is 3.81. The molecule has 2 heterocycles. The van der Waals surface area contributed by atoms with E-state index in [4.69, 9.17) is 4.74 Å². The van der Waals surface area contributed by atoms with Crippen LogP contribution in [0.25, 0.3) is 22.2 Å². The molecule has 130 valence electrons. The molecule has 0 radical (unpaired) electrons. The number of aromatic nitrogens is 4. The highest BCUT2D eigenvalue weighted by Crippen LogP contribution is 2.34. The Labute approximate surface area is 146 Å². The lowest BCUT2D eigenvalue weighted by atomic mass is 10.0. The number of rotatable bonds is 4. The van der Waals surface area contributed by atoms with Crippen LogP contribution in [0.3, 0.4) is 0 Å². The zero-order valence-corrected chi connectivity index (χ0v) is 14.8. The van der Waals surface area contributed by atoms with Crippen molar-refractivity contribution >= 4 is 16.7 Å². The highest BCUT2D eigenvalue weighted by molar-refractivity contribution is 5.89. The van der Waals surface area contributed by atoms with Gasteiger partial charge < -0.3 is 4.74 Å². The average molecular weight is 338 g/mol. The standard InChI is InChI=1S/C19H22N4O2/c1-12(13-4-5-15(24)8-13)25-19-10-14(17-6-7-22(2)20-17)9-18-16(19)11-23(3)21-18/h6-7,9-13H,4-5,8H2,1-3H3/t12-,13+/m1/s1. The minimum atomic E-state index is -0.00570. The monoisotopic (exact) mass is 338 g/mol. The van der Waals surface area contributed by atoms with Gasteiger partial charge in [0.25, 0.3) is 0 Å². The van der Waals surface area contributed by atoms with E-state index in [9.17, 15) is 4.79 Å². The van der Waals surface area contributed by atoms with Crippen LogP contribution in [0.5, 0.6) is 5.75 Å². The zero-order valence-electron chi connectivity index (χ0n) is 14.8. The first-order valence-corrected chi connectivity index (χ1v) is 8.65. The summed E-state index contributed by atoms with van der Waals surface area (Å²) in [6.45, 7) is 2.05. The molecule has 0 amide bonds. The van der Waals surface area contributed by atoms with Crippen molar-refractivity contribution in [3.05, 3.63) is 30.6 Å². The third-order valence-electron chi connectivity index (χ3n) is 4.97. The van der Waals surface area contributed by atoms with Crippen molar-refractivity contribution in [1.82, 2.24) is 19.6 Å². The zero-order chi connectivity index (χ0) is 17.6. The van der Waals surface area contributed by atoms with Crippen LogP contribution in [0.2, 0.25) is 0 Å². The van der Waals surface area contributed by atoms with Crippen LogP contribution < -0.4 is 4.74 Å². The second-order valence-corrected chi connectivity index (χ2v) is 6.95. The molecule has 0 N–H and O–H groups in total. The van der Waals surface area contributed by atoms with Gasteiger partial charge in [-0.2, -0.15) is 10.2 Å². The molecule has 0 spiro atoms. The Hall–Kier alpha value is -2.63. The largest absolute Gasteiger partial charge is 0.490 e. The maximum absolute atomic E-state index is 11.6. The van der Waals surface area contributed by atoms with Gasteiger partial charge in [0.1, 0.15) is 11.5 Å². The normalized spacial score (nSPS) is 18.8. The molecule has 6 nitrogen and oxygen atoms in total. The van der Waals surface area contributed by atoms with Gasteiger partial charge in [-0.3, -0.25) is 14.2 Å². The SMILES string of the molecule is C[C@@H](Oc1cc(-c2ccn(C)n2)cc2nn(C)cc12)[C@H]1CCC(=O)C1. The van der Waals surface area contributed by atoms with Crippen LogP contribution in [0, 0.1) is 5.92 Å². The van der Waals surface area contributed by atoms with Crippen molar-refractivity contribution in [3.8, 4) is 17.0 Å². The third kappa shape index (κ3) is 3.04. The van der Waals surface area contributed by atoms with E-state index in [1.54, 1.807) is 9.36 Å². The van der Waals surface area contributed by atoms with Crippen molar-refractivity contribution in [3.63, 3.8) is 0 Å². The Kier molecular flexibility index (Phi) is 3.82. The number of benzene rings is 1. The van der Waals surface area contributed by atoms with Crippen LogP contribution in [-0.2, 0) is 18.9 Å². The van der Waals surface area contributed by atoms with E-state index in [1.807, 2.05) is 44.7 Å². The molecule has 3 aromatic rings. The predicted molar refractivity (Wildman–Crippen MR) is 95.4 cm³/mol. The topological polar surface area (TPSA) is 61.9 Å². The average Bonchev–Trinajstić information content (AvgIpc) is 3.26. The number of ketones is 1. The number of ether oxygens (including phenoxy) is 1. The number of aryl methyl sites for hydroxylation is 2.